The molecule has 1 aliphatic heterocycles. The molecule has 24 heavy (non-hydrogen) atoms. The summed E-state index contributed by atoms with van der Waals surface area (Å²) in [5.41, 5.74) is 0. The van der Waals surface area contributed by atoms with Gasteiger partial charge in [0, 0.05) is 19.1 Å². The number of hydrogen-bond donors (Lipinski definition) is 1. The zero-order valence-electron chi connectivity index (χ0n) is 12.8. The molecule has 0 amide bonds. The van der Waals surface area contributed by atoms with Gasteiger partial charge >= 0.3 is 6.16 Å². The third kappa shape index (κ3) is 4.90. The van der Waals surface area contributed by atoms with E-state index in [2.05, 4.69) is 4.84 Å². The number of nitrogens with one attached hydrogen (secondary N) is 1. The maximum absolute atomic E-state index is 12.2. The molecule has 1 aromatic rings. The first kappa shape index (κ1) is 18.6. The lowest BCUT2D eigenvalue weighted by molar-refractivity contribution is -0.0340. The molecule has 1 saturated heterocycles. The number of rotatable bonds is 5. The Hall–Kier alpha value is -1.69. The van der Waals surface area contributed by atoms with Crippen LogP contribution in [0.4, 0.5) is 4.79 Å². The zero-order valence-corrected chi connectivity index (χ0v) is 14.4. The monoisotopic (exact) mass is 379 g/mol. The van der Waals surface area contributed by atoms with Gasteiger partial charge in [0.1, 0.15) is 11.0 Å². The van der Waals surface area contributed by atoms with Crippen LogP contribution in [-0.2, 0) is 34.2 Å². The van der Waals surface area contributed by atoms with Crippen LogP contribution in [0.5, 0.6) is 0 Å². The summed E-state index contributed by atoms with van der Waals surface area (Å²) in [6.07, 6.45) is 0.209. The molecule has 11 heteroatoms. The van der Waals surface area contributed by atoms with E-state index in [1.54, 1.807) is 4.89 Å². The van der Waals surface area contributed by atoms with Crippen molar-refractivity contribution in [3.8, 4) is 0 Å². The maximum atomic E-state index is 12.2. The highest BCUT2D eigenvalue weighted by molar-refractivity contribution is 7.93. The van der Waals surface area contributed by atoms with E-state index in [-0.39, 0.29) is 0 Å². The molecule has 1 fully saturated rings. The minimum absolute atomic E-state index is 0.404. The molecule has 1 heterocycles. The van der Waals surface area contributed by atoms with E-state index in [1.165, 1.54) is 12.1 Å². The third-order valence-electron chi connectivity index (χ3n) is 3.20. The molecule has 2 rings (SSSR count). The van der Waals surface area contributed by atoms with Crippen molar-refractivity contribution in [2.45, 2.75) is 28.7 Å². The number of carbonyl (C=O) groups is 1. The summed E-state index contributed by atoms with van der Waals surface area (Å²) in [4.78, 5) is 16.6. The Morgan fingerprint density at radius 1 is 1.12 bits per heavy atom. The van der Waals surface area contributed by atoms with Gasteiger partial charge in [0.15, 0.2) is 9.84 Å². The van der Waals surface area contributed by atoms with Gasteiger partial charge in [-0.25, -0.2) is 21.6 Å². The zero-order chi connectivity index (χ0) is 17.8. The van der Waals surface area contributed by atoms with Crippen molar-refractivity contribution in [3.63, 3.8) is 0 Å². The van der Waals surface area contributed by atoms with E-state index < -0.39 is 41.9 Å². The Kier molecular flexibility index (Phi) is 5.80. The molecule has 1 aromatic carbocycles. The molecular formula is C13H17NO8S2. The minimum atomic E-state index is -4.39. The molecule has 0 saturated carbocycles. The molecule has 9 nitrogen and oxygen atoms in total. The molecule has 0 unspecified atom stereocenters. The normalized spacial score (nSPS) is 16.5. The summed E-state index contributed by atoms with van der Waals surface area (Å²) in [5.74, 6) is 0. The van der Waals surface area contributed by atoms with E-state index in [0.717, 1.165) is 18.4 Å². The summed E-state index contributed by atoms with van der Waals surface area (Å²) in [6, 6.07) is 4.97. The molecule has 0 aliphatic carbocycles. The van der Waals surface area contributed by atoms with Gasteiger partial charge in [-0.05, 0) is 17.0 Å². The highest BCUT2D eigenvalue weighted by Gasteiger charge is 2.26. The molecular weight excluding hydrogens is 362 g/mol. The average Bonchev–Trinajstić information content (AvgIpc) is 2.53. The molecule has 0 bridgehead atoms. The highest BCUT2D eigenvalue weighted by atomic mass is 32.2. The van der Waals surface area contributed by atoms with Crippen LogP contribution in [-0.4, -0.2) is 48.6 Å². The Labute approximate surface area is 139 Å². The van der Waals surface area contributed by atoms with Gasteiger partial charge in [0.25, 0.3) is 10.0 Å². The number of carbonyl (C=O) groups excluding carboxylic acids is 1. The Morgan fingerprint density at radius 2 is 1.71 bits per heavy atom. The van der Waals surface area contributed by atoms with Gasteiger partial charge in [-0.1, -0.05) is 12.1 Å². The maximum Gasteiger partial charge on any atom is 0.528 e. The smallest absolute Gasteiger partial charge is 0.430 e. The van der Waals surface area contributed by atoms with Gasteiger partial charge in [0.2, 0.25) is 0 Å². The fourth-order valence-electron chi connectivity index (χ4n) is 2.07. The second-order valence-corrected chi connectivity index (χ2v) is 8.68. The predicted molar refractivity (Wildman–Crippen MR) is 81.3 cm³/mol. The van der Waals surface area contributed by atoms with E-state index in [0.29, 0.717) is 26.1 Å². The molecule has 1 N–H and O–H groups in total. The van der Waals surface area contributed by atoms with Crippen molar-refractivity contribution in [2.75, 3.05) is 19.5 Å². The van der Waals surface area contributed by atoms with Crippen LogP contribution in [0.2, 0.25) is 0 Å². The standard InChI is InChI=1S/C13H17NO8S2/c1-23(16,17)11-4-2-3-5-12(11)24(18,19)14-22-13(15)21-10-6-8-20-9-7-10/h2-5,10,14H,6-9H2,1H3. The van der Waals surface area contributed by atoms with Gasteiger partial charge in [-0.15, -0.1) is 0 Å². The van der Waals surface area contributed by atoms with Crippen LogP contribution in [0.15, 0.2) is 34.1 Å². The lowest BCUT2D eigenvalue weighted by atomic mass is 10.2. The Bertz CT molecular complexity index is 797. The van der Waals surface area contributed by atoms with E-state index in [4.69, 9.17) is 9.47 Å². The lowest BCUT2D eigenvalue weighted by Crippen LogP contribution is -2.32. The van der Waals surface area contributed by atoms with Crippen molar-refractivity contribution in [1.82, 2.24) is 4.89 Å². The summed E-state index contributed by atoms with van der Waals surface area (Å²) in [5, 5.41) is 0. The fourth-order valence-corrected chi connectivity index (χ4v) is 4.47. The number of sulfone groups is 1. The average molecular weight is 379 g/mol. The first-order valence-corrected chi connectivity index (χ1v) is 10.3. The van der Waals surface area contributed by atoms with Crippen LogP contribution >= 0.6 is 0 Å². The molecule has 0 atom stereocenters. The summed E-state index contributed by atoms with van der Waals surface area (Å²) in [6.45, 7) is 0.872. The number of hydrogen-bond acceptors (Lipinski definition) is 8. The first-order valence-electron chi connectivity index (χ1n) is 6.96. The van der Waals surface area contributed by atoms with E-state index in [9.17, 15) is 21.6 Å². The summed E-state index contributed by atoms with van der Waals surface area (Å²) in [7, 11) is -8.17. The van der Waals surface area contributed by atoms with E-state index in [1.807, 2.05) is 0 Å². The number of ether oxygens (including phenoxy) is 2. The Morgan fingerprint density at radius 3 is 2.29 bits per heavy atom. The largest absolute Gasteiger partial charge is 0.528 e. The van der Waals surface area contributed by atoms with Crippen molar-refractivity contribution in [3.05, 3.63) is 24.3 Å². The van der Waals surface area contributed by atoms with Gasteiger partial charge in [-0.2, -0.15) is 0 Å². The van der Waals surface area contributed by atoms with Crippen molar-refractivity contribution in [2.24, 2.45) is 0 Å². The van der Waals surface area contributed by atoms with Crippen LogP contribution < -0.4 is 4.89 Å². The van der Waals surface area contributed by atoms with Crippen molar-refractivity contribution in [1.29, 1.82) is 0 Å². The minimum Gasteiger partial charge on any atom is -0.430 e. The Balaban J connectivity index is 2.05. The van der Waals surface area contributed by atoms with Gasteiger partial charge in [-0.3, -0.25) is 0 Å². The van der Waals surface area contributed by atoms with Gasteiger partial charge in [0.05, 0.1) is 18.1 Å². The van der Waals surface area contributed by atoms with Crippen LogP contribution in [0.1, 0.15) is 12.8 Å². The number of sulfonamides is 1. The fraction of sp³-hybridized carbons (Fsp3) is 0.462. The van der Waals surface area contributed by atoms with Crippen LogP contribution in [0.3, 0.4) is 0 Å². The van der Waals surface area contributed by atoms with Crippen LogP contribution in [0.25, 0.3) is 0 Å². The summed E-state index contributed by atoms with van der Waals surface area (Å²) >= 11 is 0. The van der Waals surface area contributed by atoms with Gasteiger partial charge < -0.3 is 14.3 Å². The van der Waals surface area contributed by atoms with Crippen molar-refractivity contribution >= 4 is 26.0 Å². The quantitative estimate of drug-likeness (QED) is 0.583. The molecule has 134 valence electrons. The van der Waals surface area contributed by atoms with Crippen LogP contribution in [0, 0.1) is 0 Å². The highest BCUT2D eigenvalue weighted by Crippen LogP contribution is 2.20. The molecule has 1 aliphatic rings. The SMILES string of the molecule is CS(=O)(=O)c1ccccc1S(=O)(=O)NOC(=O)OC1CCOCC1. The lowest BCUT2D eigenvalue weighted by Gasteiger charge is -2.21. The first-order chi connectivity index (χ1) is 11.2. The second kappa shape index (κ2) is 7.47. The van der Waals surface area contributed by atoms with E-state index >= 15 is 0 Å². The predicted octanol–water partition coefficient (Wildman–Crippen LogP) is 0.616. The third-order valence-corrected chi connectivity index (χ3v) is 5.73. The topological polar surface area (TPSA) is 125 Å². The number of benzene rings is 1. The second-order valence-electron chi connectivity index (χ2n) is 5.09. The molecule has 0 spiro atoms. The summed E-state index contributed by atoms with van der Waals surface area (Å²) < 4.78 is 57.7. The molecule has 0 radical (unpaired) electrons. The molecule has 0 aromatic heterocycles. The van der Waals surface area contributed by atoms with Crippen molar-refractivity contribution < 1.29 is 35.9 Å².